The molecule has 17 heavy (non-hydrogen) atoms. The Kier molecular flexibility index (Phi) is 4.98. The molecule has 4 nitrogen and oxygen atoms in total. The van der Waals surface area contributed by atoms with Gasteiger partial charge in [-0.3, -0.25) is 4.90 Å². The molecular formula is C12H26N2O2S. The number of piperazine rings is 1. The third-order valence-electron chi connectivity index (χ3n) is 2.94. The molecule has 0 aliphatic carbocycles. The third kappa shape index (κ3) is 7.01. The van der Waals surface area contributed by atoms with Crippen LogP contribution in [0.3, 0.4) is 0 Å². The van der Waals surface area contributed by atoms with Gasteiger partial charge in [-0.1, -0.05) is 20.8 Å². The molecule has 1 aliphatic heterocycles. The number of hydrogen-bond acceptors (Lipinski definition) is 4. The Morgan fingerprint density at radius 2 is 1.47 bits per heavy atom. The average Bonchev–Trinajstić information content (AvgIpc) is 2.13. The van der Waals surface area contributed by atoms with Crippen LogP contribution in [0.25, 0.3) is 0 Å². The van der Waals surface area contributed by atoms with Crippen LogP contribution >= 0.6 is 0 Å². The number of nitrogens with zero attached hydrogens (tertiary/aromatic N) is 2. The van der Waals surface area contributed by atoms with E-state index in [9.17, 15) is 8.42 Å². The summed E-state index contributed by atoms with van der Waals surface area (Å²) in [4.78, 5) is 4.72. The maximum absolute atomic E-state index is 11.1. The Hall–Kier alpha value is -0.130. The zero-order valence-electron chi connectivity index (χ0n) is 11.6. The van der Waals surface area contributed by atoms with Crippen molar-refractivity contribution in [3.8, 4) is 0 Å². The maximum atomic E-state index is 11.1. The molecule has 102 valence electrons. The maximum Gasteiger partial charge on any atom is 0.148 e. The fourth-order valence-corrected chi connectivity index (χ4v) is 2.73. The van der Waals surface area contributed by atoms with Gasteiger partial charge in [-0.2, -0.15) is 0 Å². The van der Waals surface area contributed by atoms with Crippen LogP contribution in [0.1, 0.15) is 20.8 Å². The predicted octanol–water partition coefficient (Wildman–Crippen LogP) is 0.695. The molecule has 5 heteroatoms. The van der Waals surface area contributed by atoms with Crippen LogP contribution in [0.2, 0.25) is 0 Å². The van der Waals surface area contributed by atoms with E-state index < -0.39 is 9.84 Å². The molecule has 1 fully saturated rings. The van der Waals surface area contributed by atoms with E-state index in [1.165, 1.54) is 6.26 Å². The molecule has 1 rings (SSSR count). The van der Waals surface area contributed by atoms with Gasteiger partial charge in [0, 0.05) is 45.5 Å². The Balaban J connectivity index is 2.27. The highest BCUT2D eigenvalue weighted by molar-refractivity contribution is 7.90. The standard InChI is InChI=1S/C12H26N2O2S/c1-12(2,3)11-14-7-5-13(6-8-14)9-10-17(4,15)16/h5-11H2,1-4H3. The zero-order chi connectivity index (χ0) is 13.1. The van der Waals surface area contributed by atoms with E-state index in [2.05, 4.69) is 30.6 Å². The molecule has 0 aromatic rings. The SMILES string of the molecule is CC(C)(C)CN1CCN(CCS(C)(=O)=O)CC1. The fraction of sp³-hybridized carbons (Fsp3) is 1.00. The summed E-state index contributed by atoms with van der Waals surface area (Å²) in [5.41, 5.74) is 0.342. The lowest BCUT2D eigenvalue weighted by Gasteiger charge is -2.37. The van der Waals surface area contributed by atoms with E-state index in [0.717, 1.165) is 32.7 Å². The van der Waals surface area contributed by atoms with Crippen molar-refractivity contribution >= 4 is 9.84 Å². The second kappa shape index (κ2) is 5.67. The van der Waals surface area contributed by atoms with Crippen LogP contribution in [-0.2, 0) is 9.84 Å². The Morgan fingerprint density at radius 1 is 1.00 bits per heavy atom. The number of sulfone groups is 1. The van der Waals surface area contributed by atoms with Crippen molar-refractivity contribution in [2.75, 3.05) is 51.3 Å². The first kappa shape index (κ1) is 14.9. The van der Waals surface area contributed by atoms with Crippen LogP contribution in [-0.4, -0.2) is 69.5 Å². The minimum Gasteiger partial charge on any atom is -0.300 e. The van der Waals surface area contributed by atoms with Gasteiger partial charge in [0.05, 0.1) is 5.75 Å². The largest absolute Gasteiger partial charge is 0.300 e. The van der Waals surface area contributed by atoms with Crippen LogP contribution in [0.4, 0.5) is 0 Å². The lowest BCUT2D eigenvalue weighted by molar-refractivity contribution is 0.106. The summed E-state index contributed by atoms with van der Waals surface area (Å²) in [6.45, 7) is 12.7. The van der Waals surface area contributed by atoms with E-state index >= 15 is 0 Å². The van der Waals surface area contributed by atoms with Crippen molar-refractivity contribution in [3.05, 3.63) is 0 Å². The quantitative estimate of drug-likeness (QED) is 0.747. The summed E-state index contributed by atoms with van der Waals surface area (Å²) in [7, 11) is -2.82. The van der Waals surface area contributed by atoms with Gasteiger partial charge in [-0.25, -0.2) is 8.42 Å². The van der Waals surface area contributed by atoms with Gasteiger partial charge in [0.1, 0.15) is 9.84 Å². The Labute approximate surface area is 106 Å². The van der Waals surface area contributed by atoms with Gasteiger partial charge in [0.2, 0.25) is 0 Å². The second-order valence-corrected chi connectivity index (χ2v) is 8.57. The van der Waals surface area contributed by atoms with Crippen molar-refractivity contribution in [1.82, 2.24) is 9.80 Å². The third-order valence-corrected chi connectivity index (χ3v) is 3.87. The number of rotatable bonds is 4. The monoisotopic (exact) mass is 262 g/mol. The second-order valence-electron chi connectivity index (χ2n) is 6.31. The summed E-state index contributed by atoms with van der Waals surface area (Å²) < 4.78 is 22.2. The molecule has 1 saturated heterocycles. The van der Waals surface area contributed by atoms with Crippen molar-refractivity contribution in [2.45, 2.75) is 20.8 Å². The smallest absolute Gasteiger partial charge is 0.148 e. The summed E-state index contributed by atoms with van der Waals surface area (Å²) in [5, 5.41) is 0. The van der Waals surface area contributed by atoms with Gasteiger partial charge < -0.3 is 4.90 Å². The van der Waals surface area contributed by atoms with Crippen LogP contribution in [0.5, 0.6) is 0 Å². The van der Waals surface area contributed by atoms with Crippen molar-refractivity contribution in [3.63, 3.8) is 0 Å². The zero-order valence-corrected chi connectivity index (χ0v) is 12.4. The molecule has 0 N–H and O–H groups in total. The molecule has 1 heterocycles. The minimum absolute atomic E-state index is 0.284. The molecule has 0 radical (unpaired) electrons. The molecule has 0 aromatic heterocycles. The molecule has 0 spiro atoms. The fourth-order valence-electron chi connectivity index (χ4n) is 2.14. The van der Waals surface area contributed by atoms with Crippen molar-refractivity contribution in [2.24, 2.45) is 5.41 Å². The van der Waals surface area contributed by atoms with Gasteiger partial charge >= 0.3 is 0 Å². The van der Waals surface area contributed by atoms with Crippen LogP contribution in [0, 0.1) is 5.41 Å². The highest BCUT2D eigenvalue weighted by atomic mass is 32.2. The summed E-state index contributed by atoms with van der Waals surface area (Å²) in [6.07, 6.45) is 1.31. The van der Waals surface area contributed by atoms with Gasteiger partial charge in [0.25, 0.3) is 0 Å². The molecule has 0 atom stereocenters. The van der Waals surface area contributed by atoms with Gasteiger partial charge in [-0.05, 0) is 5.41 Å². The number of hydrogen-bond donors (Lipinski definition) is 0. The lowest BCUT2D eigenvalue weighted by atomic mass is 9.96. The van der Waals surface area contributed by atoms with Crippen molar-refractivity contribution < 1.29 is 8.42 Å². The first-order chi connectivity index (χ1) is 7.66. The minimum atomic E-state index is -2.82. The normalized spacial score (nSPS) is 20.7. The topological polar surface area (TPSA) is 40.6 Å². The molecule has 0 unspecified atom stereocenters. The molecule has 0 saturated carbocycles. The van der Waals surface area contributed by atoms with E-state index in [0.29, 0.717) is 12.0 Å². The van der Waals surface area contributed by atoms with E-state index in [4.69, 9.17) is 0 Å². The van der Waals surface area contributed by atoms with Crippen molar-refractivity contribution in [1.29, 1.82) is 0 Å². The first-order valence-electron chi connectivity index (χ1n) is 6.28. The van der Waals surface area contributed by atoms with Gasteiger partial charge in [-0.15, -0.1) is 0 Å². The van der Waals surface area contributed by atoms with E-state index in [1.807, 2.05) is 0 Å². The molecule has 1 aliphatic rings. The lowest BCUT2D eigenvalue weighted by Crippen LogP contribution is -2.49. The highest BCUT2D eigenvalue weighted by Gasteiger charge is 2.21. The molecule has 0 bridgehead atoms. The van der Waals surface area contributed by atoms with E-state index in [1.54, 1.807) is 0 Å². The predicted molar refractivity (Wildman–Crippen MR) is 72.0 cm³/mol. The Bertz CT molecular complexity index is 325. The Morgan fingerprint density at radius 3 is 1.88 bits per heavy atom. The molecule has 0 amide bonds. The first-order valence-corrected chi connectivity index (χ1v) is 8.34. The molecule has 0 aromatic carbocycles. The average molecular weight is 262 g/mol. The molecular weight excluding hydrogens is 236 g/mol. The highest BCUT2D eigenvalue weighted by Crippen LogP contribution is 2.16. The summed E-state index contributed by atoms with van der Waals surface area (Å²) in [6, 6.07) is 0. The van der Waals surface area contributed by atoms with E-state index in [-0.39, 0.29) is 5.75 Å². The summed E-state index contributed by atoms with van der Waals surface area (Å²) >= 11 is 0. The van der Waals surface area contributed by atoms with Gasteiger partial charge in [0.15, 0.2) is 0 Å². The summed E-state index contributed by atoms with van der Waals surface area (Å²) in [5.74, 6) is 0.284. The van der Waals surface area contributed by atoms with Crippen LogP contribution in [0.15, 0.2) is 0 Å². The van der Waals surface area contributed by atoms with Crippen LogP contribution < -0.4 is 0 Å².